The molecule has 1 aliphatic heterocycles. The minimum Gasteiger partial charge on any atom is -0.491 e. The Bertz CT molecular complexity index is 1110. The van der Waals surface area contributed by atoms with E-state index in [0.717, 1.165) is 18.4 Å². The zero-order chi connectivity index (χ0) is 24.1. The molecule has 1 atom stereocenters. The predicted molar refractivity (Wildman–Crippen MR) is 134 cm³/mol. The number of nitrogens with zero attached hydrogens (tertiary/aromatic N) is 2. The number of carbonyl (C=O) groups is 2. The van der Waals surface area contributed by atoms with Gasteiger partial charge in [-0.1, -0.05) is 26.0 Å². The van der Waals surface area contributed by atoms with Crippen molar-refractivity contribution in [2.75, 3.05) is 26.2 Å². The first-order valence-corrected chi connectivity index (χ1v) is 13.2. The summed E-state index contributed by atoms with van der Waals surface area (Å²) in [6.07, 6.45) is 1.60. The summed E-state index contributed by atoms with van der Waals surface area (Å²) >= 11 is 3.07. The number of hydrogen-bond acceptors (Lipinski definition) is 5. The van der Waals surface area contributed by atoms with Crippen LogP contribution in [0.15, 0.2) is 53.2 Å². The summed E-state index contributed by atoms with van der Waals surface area (Å²) in [4.78, 5) is 32.0. The third-order valence-corrected chi connectivity index (χ3v) is 7.80. The Kier molecular flexibility index (Phi) is 8.00. The molecule has 0 unspecified atom stereocenters. The van der Waals surface area contributed by atoms with Gasteiger partial charge in [0.1, 0.15) is 24.7 Å². The molecular weight excluding hydrogens is 471 g/mol. The molecule has 3 aromatic rings. The molecule has 3 heterocycles. The van der Waals surface area contributed by atoms with Crippen LogP contribution in [0.5, 0.6) is 5.75 Å². The molecule has 0 N–H and O–H groups in total. The molecule has 0 spiro atoms. The molecule has 0 bridgehead atoms. The van der Waals surface area contributed by atoms with Crippen LogP contribution < -0.4 is 4.74 Å². The average molecular weight is 501 g/mol. The van der Waals surface area contributed by atoms with Crippen molar-refractivity contribution in [1.29, 1.82) is 0 Å². The van der Waals surface area contributed by atoms with E-state index in [1.807, 2.05) is 27.8 Å². The Balaban J connectivity index is 1.52. The van der Waals surface area contributed by atoms with Crippen LogP contribution in [-0.2, 0) is 11.2 Å². The first kappa shape index (κ1) is 24.4. The maximum Gasteiger partial charge on any atom is 0.264 e. The topological polar surface area (TPSA) is 49.9 Å². The summed E-state index contributed by atoms with van der Waals surface area (Å²) in [5.41, 5.74) is 1.07. The number of amides is 2. The third-order valence-electron chi connectivity index (χ3n) is 5.94. The lowest BCUT2D eigenvalue weighted by molar-refractivity contribution is -0.135. The van der Waals surface area contributed by atoms with E-state index in [-0.39, 0.29) is 36.8 Å². The molecule has 4 rings (SSSR count). The minimum absolute atomic E-state index is 0.0272. The Labute approximate surface area is 207 Å². The molecule has 180 valence electrons. The maximum absolute atomic E-state index is 13.6. The largest absolute Gasteiger partial charge is 0.491 e. The lowest BCUT2D eigenvalue weighted by Crippen LogP contribution is -2.48. The van der Waals surface area contributed by atoms with E-state index in [1.165, 1.54) is 28.3 Å². The van der Waals surface area contributed by atoms with Crippen LogP contribution in [0.4, 0.5) is 4.39 Å². The van der Waals surface area contributed by atoms with Gasteiger partial charge in [0.05, 0.1) is 10.9 Å². The van der Waals surface area contributed by atoms with Crippen LogP contribution in [0.25, 0.3) is 0 Å². The number of carbonyl (C=O) groups excluding carboxylic acids is 2. The van der Waals surface area contributed by atoms with Gasteiger partial charge in [-0.25, -0.2) is 4.39 Å². The first-order valence-electron chi connectivity index (χ1n) is 11.5. The van der Waals surface area contributed by atoms with E-state index in [9.17, 15) is 14.0 Å². The Morgan fingerprint density at radius 2 is 2.03 bits per heavy atom. The lowest BCUT2D eigenvalue weighted by atomic mass is 10.0. The fourth-order valence-corrected chi connectivity index (χ4v) is 5.70. The Morgan fingerprint density at radius 3 is 2.76 bits per heavy atom. The van der Waals surface area contributed by atoms with Crippen LogP contribution in [0.2, 0.25) is 0 Å². The molecule has 2 amide bonds. The number of hydrogen-bond donors (Lipinski definition) is 0. The van der Waals surface area contributed by atoms with Gasteiger partial charge < -0.3 is 14.5 Å². The molecule has 0 saturated heterocycles. The second-order valence-electron chi connectivity index (χ2n) is 8.81. The summed E-state index contributed by atoms with van der Waals surface area (Å²) in [5.74, 6) is 0.284. The van der Waals surface area contributed by atoms with Crippen LogP contribution in [0.3, 0.4) is 0 Å². The number of rotatable bonds is 9. The number of thiophene rings is 2. The van der Waals surface area contributed by atoms with E-state index < -0.39 is 0 Å². The van der Waals surface area contributed by atoms with Crippen molar-refractivity contribution < 1.29 is 18.7 Å². The molecule has 2 aromatic heterocycles. The van der Waals surface area contributed by atoms with Crippen LogP contribution in [-0.4, -0.2) is 47.9 Å². The third kappa shape index (κ3) is 5.85. The fourth-order valence-electron chi connectivity index (χ4n) is 4.08. The van der Waals surface area contributed by atoms with Crippen molar-refractivity contribution in [1.82, 2.24) is 9.80 Å². The Hall–Kier alpha value is -2.71. The van der Waals surface area contributed by atoms with Gasteiger partial charge in [0.25, 0.3) is 5.91 Å². The molecule has 0 aliphatic carbocycles. The Morgan fingerprint density at radius 1 is 1.18 bits per heavy atom. The SMILES string of the molecule is CC(C)CCN(CC(=O)N1CCc2sccc2[C@@H]1COc1cccc(F)c1)C(=O)c1cccs1. The molecule has 5 nitrogen and oxygen atoms in total. The second-order valence-corrected chi connectivity index (χ2v) is 10.8. The van der Waals surface area contributed by atoms with Gasteiger partial charge in [0.2, 0.25) is 5.91 Å². The predicted octanol–water partition coefficient (Wildman–Crippen LogP) is 5.64. The second kappa shape index (κ2) is 11.1. The zero-order valence-corrected chi connectivity index (χ0v) is 21.0. The van der Waals surface area contributed by atoms with E-state index in [4.69, 9.17) is 4.74 Å². The van der Waals surface area contributed by atoms with E-state index in [1.54, 1.807) is 34.4 Å². The summed E-state index contributed by atoms with van der Waals surface area (Å²) in [6.45, 7) is 5.57. The smallest absolute Gasteiger partial charge is 0.264 e. The first-order chi connectivity index (χ1) is 16.4. The highest BCUT2D eigenvalue weighted by molar-refractivity contribution is 7.12. The maximum atomic E-state index is 13.6. The highest BCUT2D eigenvalue weighted by atomic mass is 32.1. The molecular formula is C26H29FN2O3S2. The average Bonchev–Trinajstić information content (AvgIpc) is 3.51. The van der Waals surface area contributed by atoms with Crippen LogP contribution >= 0.6 is 22.7 Å². The van der Waals surface area contributed by atoms with Gasteiger partial charge in [-0.3, -0.25) is 9.59 Å². The van der Waals surface area contributed by atoms with Crippen molar-refractivity contribution in [3.63, 3.8) is 0 Å². The molecule has 0 saturated carbocycles. The van der Waals surface area contributed by atoms with Gasteiger partial charge >= 0.3 is 0 Å². The van der Waals surface area contributed by atoms with Crippen molar-refractivity contribution in [3.8, 4) is 5.75 Å². The van der Waals surface area contributed by atoms with Gasteiger partial charge in [-0.2, -0.15) is 0 Å². The van der Waals surface area contributed by atoms with Gasteiger partial charge in [-0.05, 0) is 59.3 Å². The highest BCUT2D eigenvalue weighted by Crippen LogP contribution is 2.34. The lowest BCUT2D eigenvalue weighted by Gasteiger charge is -2.37. The normalized spacial score (nSPS) is 15.3. The van der Waals surface area contributed by atoms with Crippen molar-refractivity contribution in [2.45, 2.75) is 32.7 Å². The standard InChI is InChI=1S/C26H29FN2O3S2/c1-18(2)8-11-28(26(31)24-7-4-13-33-24)16-25(30)29-12-9-23-21(10-14-34-23)22(29)17-32-20-6-3-5-19(27)15-20/h3-7,10,13-15,18,22H,8-9,11-12,16-17H2,1-2H3/t22-/m0/s1. The molecule has 1 aliphatic rings. The van der Waals surface area contributed by atoms with Gasteiger partial charge in [0, 0.05) is 24.0 Å². The van der Waals surface area contributed by atoms with E-state index >= 15 is 0 Å². The quantitative estimate of drug-likeness (QED) is 0.382. The number of halogens is 1. The monoisotopic (exact) mass is 500 g/mol. The van der Waals surface area contributed by atoms with Crippen molar-refractivity contribution in [3.05, 3.63) is 74.4 Å². The van der Waals surface area contributed by atoms with Crippen molar-refractivity contribution in [2.24, 2.45) is 5.92 Å². The molecule has 1 aromatic carbocycles. The molecule has 34 heavy (non-hydrogen) atoms. The highest BCUT2D eigenvalue weighted by Gasteiger charge is 2.33. The molecule has 8 heteroatoms. The number of ether oxygens (including phenoxy) is 1. The number of fused-ring (bicyclic) bond motifs is 1. The fraction of sp³-hybridized carbons (Fsp3) is 0.385. The summed E-state index contributed by atoms with van der Waals surface area (Å²) in [5, 5.41) is 3.90. The number of benzene rings is 1. The van der Waals surface area contributed by atoms with Crippen LogP contribution in [0.1, 0.15) is 46.4 Å². The van der Waals surface area contributed by atoms with Gasteiger partial charge in [-0.15, -0.1) is 22.7 Å². The summed E-state index contributed by atoms with van der Waals surface area (Å²) < 4.78 is 19.5. The van der Waals surface area contributed by atoms with E-state index in [0.29, 0.717) is 29.6 Å². The van der Waals surface area contributed by atoms with Crippen LogP contribution in [0, 0.1) is 11.7 Å². The van der Waals surface area contributed by atoms with Gasteiger partial charge in [0.15, 0.2) is 0 Å². The zero-order valence-electron chi connectivity index (χ0n) is 19.4. The van der Waals surface area contributed by atoms with E-state index in [2.05, 4.69) is 13.8 Å². The summed E-state index contributed by atoms with van der Waals surface area (Å²) in [7, 11) is 0. The minimum atomic E-state index is -0.363. The molecule has 0 fully saturated rings. The van der Waals surface area contributed by atoms with Crippen molar-refractivity contribution >= 4 is 34.5 Å². The molecule has 0 radical (unpaired) electrons. The summed E-state index contributed by atoms with van der Waals surface area (Å²) in [6, 6.07) is 11.4.